The first-order valence-corrected chi connectivity index (χ1v) is 8.30. The molecular weight excluding hydrogens is 302 g/mol. The molecule has 1 fully saturated rings. The number of nitrogens with zero attached hydrogens (tertiary/aromatic N) is 2. The van der Waals surface area contributed by atoms with E-state index in [1.807, 2.05) is 57.2 Å². The molecule has 1 aromatic heterocycles. The fourth-order valence-corrected chi connectivity index (χ4v) is 2.48. The first kappa shape index (κ1) is 16.3. The van der Waals surface area contributed by atoms with Gasteiger partial charge in [-0.1, -0.05) is 26.0 Å². The molecular formula is C19H25N3O2. The largest absolute Gasteiger partial charge is 0.487 e. The van der Waals surface area contributed by atoms with Crippen molar-refractivity contribution < 1.29 is 10.9 Å². The average Bonchev–Trinajstić information content (AvgIpc) is 2.60. The lowest BCUT2D eigenvalue weighted by Crippen LogP contribution is -2.54. The van der Waals surface area contributed by atoms with E-state index in [2.05, 4.69) is 15.2 Å². The standard InChI is InChI=1S/C17H19N3O2.C2H6/c1-13(19-12-21)14-2-4-16(5-3-14)22-17-10-20(11-17)15-6-8-18-9-7-15;1-2/h2-9,12-13,17H,10-11H2,1H3,(H,19,21);1-2H3/t13-;/m0./s1/i12T;. The summed E-state index contributed by atoms with van der Waals surface area (Å²) in [5.41, 5.74) is 2.11. The third-order valence-electron chi connectivity index (χ3n) is 3.83. The normalized spacial score (nSPS) is 15.3. The molecule has 128 valence electrons. The summed E-state index contributed by atoms with van der Waals surface area (Å²) in [4.78, 5) is 17.0. The maximum atomic E-state index is 10.8. The summed E-state index contributed by atoms with van der Waals surface area (Å²) in [7, 11) is 0. The molecule has 5 heteroatoms. The van der Waals surface area contributed by atoms with E-state index in [0.29, 0.717) is 0 Å². The number of aromatic nitrogens is 1. The number of carbonyl (C=O) groups is 1. The molecule has 1 N–H and O–H groups in total. The number of anilines is 1. The van der Waals surface area contributed by atoms with E-state index in [1.54, 1.807) is 12.4 Å². The minimum absolute atomic E-state index is 0.180. The van der Waals surface area contributed by atoms with Gasteiger partial charge in [0.2, 0.25) is 6.39 Å². The van der Waals surface area contributed by atoms with Crippen molar-refractivity contribution in [1.82, 2.24) is 10.3 Å². The number of pyridine rings is 1. The Labute approximate surface area is 145 Å². The molecule has 1 amide bonds. The number of hydrogen-bond acceptors (Lipinski definition) is 4. The predicted molar refractivity (Wildman–Crippen MR) is 96.3 cm³/mol. The Kier molecular flexibility index (Phi) is 6.05. The van der Waals surface area contributed by atoms with Gasteiger partial charge in [0.1, 0.15) is 13.2 Å². The van der Waals surface area contributed by atoms with Crippen molar-refractivity contribution in [1.29, 1.82) is 0 Å². The van der Waals surface area contributed by atoms with E-state index in [0.717, 1.165) is 30.1 Å². The van der Waals surface area contributed by atoms with Crippen molar-refractivity contribution in [3.63, 3.8) is 0 Å². The molecule has 24 heavy (non-hydrogen) atoms. The van der Waals surface area contributed by atoms with Crippen LogP contribution in [0.1, 0.15) is 33.7 Å². The van der Waals surface area contributed by atoms with Crippen molar-refractivity contribution in [2.24, 2.45) is 0 Å². The molecule has 0 radical (unpaired) electrons. The van der Waals surface area contributed by atoms with Gasteiger partial charge >= 0.3 is 0 Å². The number of hydrogen-bond donors (Lipinski definition) is 1. The molecule has 0 bridgehead atoms. The number of amides is 1. The lowest BCUT2D eigenvalue weighted by Gasteiger charge is -2.40. The van der Waals surface area contributed by atoms with Crippen LogP contribution in [0.5, 0.6) is 5.75 Å². The van der Waals surface area contributed by atoms with Gasteiger partial charge in [0.05, 0.1) is 19.1 Å². The Bertz CT molecular complexity index is 658. The highest BCUT2D eigenvalue weighted by Gasteiger charge is 2.28. The van der Waals surface area contributed by atoms with Gasteiger partial charge in [0.15, 0.2) is 0 Å². The van der Waals surface area contributed by atoms with E-state index in [-0.39, 0.29) is 12.1 Å². The van der Waals surface area contributed by atoms with Crippen LogP contribution in [-0.2, 0) is 4.79 Å². The Hall–Kier alpha value is -2.56. The molecule has 0 saturated carbocycles. The zero-order valence-electron chi connectivity index (χ0n) is 15.4. The minimum atomic E-state index is -0.775. The third kappa shape index (κ3) is 4.47. The van der Waals surface area contributed by atoms with Crippen molar-refractivity contribution in [2.75, 3.05) is 18.0 Å². The Morgan fingerprint density at radius 1 is 1.25 bits per heavy atom. The van der Waals surface area contributed by atoms with Crippen LogP contribution in [0.15, 0.2) is 48.8 Å². The monoisotopic (exact) mass is 329 g/mol. The molecule has 1 saturated heterocycles. The number of benzene rings is 1. The summed E-state index contributed by atoms with van der Waals surface area (Å²) in [5, 5.41) is 2.54. The fourth-order valence-electron chi connectivity index (χ4n) is 2.48. The highest BCUT2D eigenvalue weighted by Crippen LogP contribution is 2.24. The zero-order chi connectivity index (χ0) is 18.2. The topological polar surface area (TPSA) is 54.5 Å². The lowest BCUT2D eigenvalue weighted by atomic mass is 10.1. The lowest BCUT2D eigenvalue weighted by molar-refractivity contribution is -0.110. The average molecular weight is 329 g/mol. The van der Waals surface area contributed by atoms with Gasteiger partial charge in [0.25, 0.3) is 0 Å². The second-order valence-electron chi connectivity index (χ2n) is 5.39. The van der Waals surface area contributed by atoms with Gasteiger partial charge in [-0.15, -0.1) is 0 Å². The zero-order valence-corrected chi connectivity index (χ0v) is 14.4. The van der Waals surface area contributed by atoms with E-state index < -0.39 is 6.39 Å². The van der Waals surface area contributed by atoms with Crippen LogP contribution in [0.3, 0.4) is 0 Å². The Morgan fingerprint density at radius 3 is 2.46 bits per heavy atom. The van der Waals surface area contributed by atoms with Gasteiger partial charge in [-0.25, -0.2) is 0 Å². The summed E-state index contributed by atoms with van der Waals surface area (Å²) in [5.74, 6) is 0.817. The van der Waals surface area contributed by atoms with Crippen molar-refractivity contribution in [2.45, 2.75) is 32.9 Å². The molecule has 1 atom stereocenters. The Morgan fingerprint density at radius 2 is 1.88 bits per heavy atom. The summed E-state index contributed by atoms with van der Waals surface area (Å²) in [6.07, 6.45) is 2.99. The second-order valence-corrected chi connectivity index (χ2v) is 5.39. The second kappa shape index (κ2) is 8.91. The number of rotatable bonds is 5. The van der Waals surface area contributed by atoms with Crippen LogP contribution in [0.4, 0.5) is 5.69 Å². The molecule has 2 heterocycles. The smallest absolute Gasteiger partial charge is 0.207 e. The van der Waals surface area contributed by atoms with E-state index >= 15 is 0 Å². The quantitative estimate of drug-likeness (QED) is 0.856. The SMILES string of the molecule is CC.[3H]C(=O)N[C@@H](C)c1ccc(OC2CN(c3ccncc3)C2)cc1. The number of ether oxygens (including phenoxy) is 1. The predicted octanol–water partition coefficient (Wildman–Crippen LogP) is 3.18. The van der Waals surface area contributed by atoms with E-state index in [9.17, 15) is 4.79 Å². The fraction of sp³-hybridized carbons (Fsp3) is 0.368. The molecule has 1 aliphatic rings. The highest BCUT2D eigenvalue weighted by molar-refractivity contribution is 5.48. The minimum Gasteiger partial charge on any atom is -0.487 e. The van der Waals surface area contributed by atoms with Gasteiger partial charge in [0, 0.05) is 18.1 Å². The van der Waals surface area contributed by atoms with Crippen molar-refractivity contribution >= 4 is 12.1 Å². The van der Waals surface area contributed by atoms with Crippen molar-refractivity contribution in [3.05, 3.63) is 54.4 Å². The molecule has 0 unspecified atom stereocenters. The molecule has 0 spiro atoms. The van der Waals surface area contributed by atoms with Crippen LogP contribution in [-0.4, -0.2) is 30.6 Å². The maximum absolute atomic E-state index is 10.8. The highest BCUT2D eigenvalue weighted by atomic mass is 16.5. The van der Waals surface area contributed by atoms with Crippen LogP contribution >= 0.6 is 0 Å². The van der Waals surface area contributed by atoms with E-state index in [4.69, 9.17) is 6.11 Å². The number of carbonyl (C=O) groups excluding carboxylic acids is 1. The molecule has 0 aliphatic carbocycles. The molecule has 1 aliphatic heterocycles. The summed E-state index contributed by atoms with van der Waals surface area (Å²) < 4.78 is 12.9. The molecule has 5 nitrogen and oxygen atoms in total. The Balaban J connectivity index is 0.00000109. The van der Waals surface area contributed by atoms with Crippen molar-refractivity contribution in [3.8, 4) is 5.75 Å². The van der Waals surface area contributed by atoms with Gasteiger partial charge in [-0.05, 0) is 36.8 Å². The number of nitrogens with one attached hydrogen (secondary N) is 1. The summed E-state index contributed by atoms with van der Waals surface area (Å²) in [6.45, 7) is 7.56. The first-order chi connectivity index (χ1) is 12.1. The van der Waals surface area contributed by atoms with Crippen LogP contribution < -0.4 is 15.0 Å². The maximum Gasteiger partial charge on any atom is 0.207 e. The molecule has 1 aromatic carbocycles. The van der Waals surface area contributed by atoms with Gasteiger partial charge in [-0.2, -0.15) is 0 Å². The van der Waals surface area contributed by atoms with E-state index in [1.165, 1.54) is 0 Å². The van der Waals surface area contributed by atoms with Crippen LogP contribution in [0, 0.1) is 0 Å². The van der Waals surface area contributed by atoms with Crippen LogP contribution in [0.25, 0.3) is 0 Å². The van der Waals surface area contributed by atoms with Gasteiger partial charge < -0.3 is 15.0 Å². The van der Waals surface area contributed by atoms with Crippen LogP contribution in [0.2, 0.25) is 0 Å². The third-order valence-corrected chi connectivity index (χ3v) is 3.83. The molecule has 3 rings (SSSR count). The summed E-state index contributed by atoms with van der Waals surface area (Å²) in [6, 6.07) is 11.4. The summed E-state index contributed by atoms with van der Waals surface area (Å²) >= 11 is 0. The molecule has 2 aromatic rings. The van der Waals surface area contributed by atoms with Gasteiger partial charge in [-0.3, -0.25) is 9.78 Å². The first-order valence-electron chi connectivity index (χ1n) is 8.80.